The van der Waals surface area contributed by atoms with E-state index in [1.54, 1.807) is 0 Å². The van der Waals surface area contributed by atoms with Crippen LogP contribution in [0.2, 0.25) is 0 Å². The first-order chi connectivity index (χ1) is 9.26. The van der Waals surface area contributed by atoms with Crippen LogP contribution in [-0.4, -0.2) is 12.6 Å². The van der Waals surface area contributed by atoms with E-state index in [4.69, 9.17) is 4.74 Å². The molecule has 0 bridgehead atoms. The molecule has 1 unspecified atom stereocenters. The minimum atomic E-state index is 0. The smallest absolute Gasteiger partial charge is 0.124 e. The third-order valence-electron chi connectivity index (χ3n) is 3.54. The molecule has 110 valence electrons. The fourth-order valence-corrected chi connectivity index (χ4v) is 2.21. The summed E-state index contributed by atoms with van der Waals surface area (Å²) in [6, 6.07) is 13.2. The Hall–Kier alpha value is -1.25. The first-order valence-corrected chi connectivity index (χ1v) is 7.13. The Balaban J connectivity index is 0.00000200. The van der Waals surface area contributed by atoms with E-state index in [1.807, 2.05) is 6.92 Å². The van der Waals surface area contributed by atoms with Crippen LogP contribution in [0.1, 0.15) is 32.8 Å². The van der Waals surface area contributed by atoms with Gasteiger partial charge in [-0.3, -0.25) is 0 Å². The molecule has 0 aliphatic rings. The van der Waals surface area contributed by atoms with Crippen molar-refractivity contribution < 1.29 is 4.74 Å². The topological polar surface area (TPSA) is 21.3 Å². The lowest BCUT2D eigenvalue weighted by Gasteiger charge is -2.16. The van der Waals surface area contributed by atoms with Crippen molar-refractivity contribution in [3.05, 3.63) is 42.0 Å². The molecule has 0 spiro atoms. The molecule has 2 aromatic rings. The predicted molar refractivity (Wildman–Crippen MR) is 89.0 cm³/mol. The molecule has 0 radical (unpaired) electrons. The molecule has 0 saturated heterocycles. The van der Waals surface area contributed by atoms with E-state index in [0.717, 1.165) is 18.7 Å². The van der Waals surface area contributed by atoms with E-state index >= 15 is 0 Å². The van der Waals surface area contributed by atoms with Crippen molar-refractivity contribution in [2.24, 2.45) is 0 Å². The van der Waals surface area contributed by atoms with Gasteiger partial charge in [0.1, 0.15) is 5.75 Å². The summed E-state index contributed by atoms with van der Waals surface area (Å²) in [7, 11) is 0. The van der Waals surface area contributed by atoms with Gasteiger partial charge >= 0.3 is 0 Å². The van der Waals surface area contributed by atoms with E-state index in [-0.39, 0.29) is 12.4 Å². The Bertz CT molecular complexity index is 542. The zero-order valence-corrected chi connectivity index (χ0v) is 13.3. The lowest BCUT2D eigenvalue weighted by atomic mass is 10.0. The van der Waals surface area contributed by atoms with E-state index in [1.165, 1.54) is 16.3 Å². The van der Waals surface area contributed by atoms with Crippen molar-refractivity contribution >= 4 is 23.2 Å². The van der Waals surface area contributed by atoms with Crippen LogP contribution in [0.15, 0.2) is 36.4 Å². The standard InChI is InChI=1S/C17H23NO.ClH/c1-4-13(3)18-12-16-15-9-7-6-8-14(15)10-11-17(16)19-5-2;/h6-11,13,18H,4-5,12H2,1-3H3;1H. The second kappa shape index (κ2) is 8.13. The van der Waals surface area contributed by atoms with Gasteiger partial charge in [0.05, 0.1) is 6.61 Å². The second-order valence-corrected chi connectivity index (χ2v) is 4.89. The molecular formula is C17H24ClNO. The Morgan fingerprint density at radius 3 is 2.55 bits per heavy atom. The minimum absolute atomic E-state index is 0. The predicted octanol–water partition coefficient (Wildman–Crippen LogP) is 4.55. The summed E-state index contributed by atoms with van der Waals surface area (Å²) in [5.41, 5.74) is 1.26. The number of benzene rings is 2. The third-order valence-corrected chi connectivity index (χ3v) is 3.54. The SMILES string of the molecule is CCOc1ccc2ccccc2c1CNC(C)CC.Cl. The number of fused-ring (bicyclic) bond motifs is 1. The van der Waals surface area contributed by atoms with Gasteiger partial charge in [0, 0.05) is 18.2 Å². The van der Waals surface area contributed by atoms with Crippen molar-refractivity contribution in [3.63, 3.8) is 0 Å². The molecule has 2 nitrogen and oxygen atoms in total. The molecular weight excluding hydrogens is 270 g/mol. The summed E-state index contributed by atoms with van der Waals surface area (Å²) in [5, 5.41) is 6.11. The summed E-state index contributed by atoms with van der Waals surface area (Å²) in [4.78, 5) is 0. The first-order valence-electron chi connectivity index (χ1n) is 7.13. The molecule has 0 aliphatic heterocycles. The third kappa shape index (κ3) is 3.87. The van der Waals surface area contributed by atoms with E-state index in [9.17, 15) is 0 Å². The summed E-state index contributed by atoms with van der Waals surface area (Å²) >= 11 is 0. The average Bonchev–Trinajstić information content (AvgIpc) is 2.45. The number of nitrogens with one attached hydrogen (secondary N) is 1. The number of hydrogen-bond acceptors (Lipinski definition) is 2. The number of rotatable bonds is 6. The highest BCUT2D eigenvalue weighted by atomic mass is 35.5. The molecule has 0 aromatic heterocycles. The Kier molecular flexibility index (Phi) is 6.83. The molecule has 20 heavy (non-hydrogen) atoms. The maximum absolute atomic E-state index is 5.77. The van der Waals surface area contributed by atoms with Crippen LogP contribution in [0.4, 0.5) is 0 Å². The number of hydrogen-bond donors (Lipinski definition) is 1. The van der Waals surface area contributed by atoms with Crippen LogP contribution in [0.5, 0.6) is 5.75 Å². The molecule has 0 saturated carbocycles. The molecule has 0 amide bonds. The summed E-state index contributed by atoms with van der Waals surface area (Å²) in [6.45, 7) is 8.00. The van der Waals surface area contributed by atoms with Crippen LogP contribution in [0.3, 0.4) is 0 Å². The van der Waals surface area contributed by atoms with Crippen LogP contribution in [0.25, 0.3) is 10.8 Å². The molecule has 2 rings (SSSR count). The Morgan fingerprint density at radius 2 is 1.85 bits per heavy atom. The van der Waals surface area contributed by atoms with E-state index < -0.39 is 0 Å². The average molecular weight is 294 g/mol. The maximum Gasteiger partial charge on any atom is 0.124 e. The zero-order chi connectivity index (χ0) is 13.7. The molecule has 3 heteroatoms. The molecule has 1 N–H and O–H groups in total. The maximum atomic E-state index is 5.77. The van der Waals surface area contributed by atoms with Crippen molar-refractivity contribution in [1.82, 2.24) is 5.32 Å². The lowest BCUT2D eigenvalue weighted by Crippen LogP contribution is -2.24. The fraction of sp³-hybridized carbons (Fsp3) is 0.412. The van der Waals surface area contributed by atoms with Gasteiger partial charge in [0.15, 0.2) is 0 Å². The van der Waals surface area contributed by atoms with Gasteiger partial charge < -0.3 is 10.1 Å². The van der Waals surface area contributed by atoms with Crippen LogP contribution in [0, 0.1) is 0 Å². The summed E-state index contributed by atoms with van der Waals surface area (Å²) in [6.07, 6.45) is 1.13. The second-order valence-electron chi connectivity index (χ2n) is 4.89. The number of ether oxygens (including phenoxy) is 1. The molecule has 2 aromatic carbocycles. The molecule has 1 atom stereocenters. The van der Waals surface area contributed by atoms with Crippen molar-refractivity contribution in [1.29, 1.82) is 0 Å². The van der Waals surface area contributed by atoms with Crippen LogP contribution < -0.4 is 10.1 Å². The molecule has 0 aliphatic carbocycles. The fourth-order valence-electron chi connectivity index (χ4n) is 2.21. The van der Waals surface area contributed by atoms with Gasteiger partial charge in [-0.15, -0.1) is 12.4 Å². The van der Waals surface area contributed by atoms with Gasteiger partial charge in [0.25, 0.3) is 0 Å². The van der Waals surface area contributed by atoms with Crippen LogP contribution >= 0.6 is 12.4 Å². The first kappa shape index (κ1) is 16.8. The number of halogens is 1. The highest BCUT2D eigenvalue weighted by Gasteiger charge is 2.09. The highest BCUT2D eigenvalue weighted by molar-refractivity contribution is 5.87. The van der Waals surface area contributed by atoms with Crippen molar-refractivity contribution in [3.8, 4) is 5.75 Å². The van der Waals surface area contributed by atoms with Gasteiger partial charge in [-0.25, -0.2) is 0 Å². The molecule has 0 heterocycles. The van der Waals surface area contributed by atoms with Gasteiger partial charge in [-0.05, 0) is 37.1 Å². The van der Waals surface area contributed by atoms with E-state index in [2.05, 4.69) is 55.6 Å². The largest absolute Gasteiger partial charge is 0.494 e. The quantitative estimate of drug-likeness (QED) is 0.844. The van der Waals surface area contributed by atoms with E-state index in [0.29, 0.717) is 12.6 Å². The highest BCUT2D eigenvalue weighted by Crippen LogP contribution is 2.28. The van der Waals surface area contributed by atoms with Gasteiger partial charge in [-0.2, -0.15) is 0 Å². The minimum Gasteiger partial charge on any atom is -0.494 e. The summed E-state index contributed by atoms with van der Waals surface area (Å²) in [5.74, 6) is 0.997. The monoisotopic (exact) mass is 293 g/mol. The Labute approximate surface area is 127 Å². The Morgan fingerprint density at radius 1 is 1.10 bits per heavy atom. The lowest BCUT2D eigenvalue weighted by molar-refractivity contribution is 0.335. The van der Waals surface area contributed by atoms with Crippen molar-refractivity contribution in [2.45, 2.75) is 39.8 Å². The van der Waals surface area contributed by atoms with Crippen molar-refractivity contribution in [2.75, 3.05) is 6.61 Å². The zero-order valence-electron chi connectivity index (χ0n) is 12.5. The van der Waals surface area contributed by atoms with Gasteiger partial charge in [-0.1, -0.05) is 37.3 Å². The van der Waals surface area contributed by atoms with Crippen LogP contribution in [-0.2, 0) is 6.54 Å². The normalized spacial score (nSPS) is 11.9. The summed E-state index contributed by atoms with van der Waals surface area (Å²) < 4.78 is 5.77. The molecule has 0 fully saturated rings. The van der Waals surface area contributed by atoms with Gasteiger partial charge in [0.2, 0.25) is 0 Å².